The molecule has 7 heteroatoms. The molecule has 148 valence electrons. The Kier molecular flexibility index (Phi) is 8.81. The van der Waals surface area contributed by atoms with Gasteiger partial charge in [0.2, 0.25) is 0 Å². The molecule has 1 aromatic heterocycles. The average molecular weight is 485 g/mol. The number of hydrogen-bond donors (Lipinski definition) is 2. The van der Waals surface area contributed by atoms with E-state index >= 15 is 0 Å². The van der Waals surface area contributed by atoms with Gasteiger partial charge in [0.15, 0.2) is 5.96 Å². The van der Waals surface area contributed by atoms with E-state index in [0.29, 0.717) is 29.6 Å². The first-order valence-electron chi connectivity index (χ1n) is 8.55. The first-order chi connectivity index (χ1) is 12.4. The summed E-state index contributed by atoms with van der Waals surface area (Å²) in [5, 5.41) is 6.54. The van der Waals surface area contributed by atoms with Gasteiger partial charge in [-0.05, 0) is 18.6 Å². The number of nitrogens with zero attached hydrogens (tertiary/aromatic N) is 1. The van der Waals surface area contributed by atoms with Gasteiger partial charge in [0.05, 0.1) is 13.7 Å². The summed E-state index contributed by atoms with van der Waals surface area (Å²) in [6, 6.07) is 12.0. The molecular formula is C20H28IN3O3. The van der Waals surface area contributed by atoms with Crippen LogP contribution < -0.4 is 10.6 Å². The monoisotopic (exact) mass is 485 g/mol. The largest absolute Gasteiger partial charge is 0.465 e. The topological polar surface area (TPSA) is 75.9 Å². The fourth-order valence-electron chi connectivity index (χ4n) is 2.63. The van der Waals surface area contributed by atoms with Crippen LogP contribution in [0.3, 0.4) is 0 Å². The summed E-state index contributed by atoms with van der Waals surface area (Å²) in [6.07, 6.45) is 0. The Balaban J connectivity index is 0.00000364. The normalized spacial score (nSPS) is 11.5. The second-order valence-corrected chi connectivity index (χ2v) is 6.70. The van der Waals surface area contributed by atoms with Crippen LogP contribution in [0.15, 0.2) is 45.8 Å². The molecule has 0 aliphatic rings. The van der Waals surface area contributed by atoms with Crippen LogP contribution in [0.25, 0.3) is 0 Å². The van der Waals surface area contributed by atoms with Crippen molar-refractivity contribution in [3.63, 3.8) is 0 Å². The fourth-order valence-corrected chi connectivity index (χ4v) is 2.63. The zero-order valence-corrected chi connectivity index (χ0v) is 18.8. The van der Waals surface area contributed by atoms with E-state index in [1.54, 1.807) is 20.0 Å². The van der Waals surface area contributed by atoms with Crippen molar-refractivity contribution in [2.45, 2.75) is 32.7 Å². The van der Waals surface area contributed by atoms with Gasteiger partial charge in [0.25, 0.3) is 0 Å². The first-order valence-corrected chi connectivity index (χ1v) is 8.55. The molecule has 0 aliphatic heterocycles. The third kappa shape index (κ3) is 6.27. The van der Waals surface area contributed by atoms with Crippen molar-refractivity contribution in [1.29, 1.82) is 0 Å². The van der Waals surface area contributed by atoms with Gasteiger partial charge in [-0.25, -0.2) is 4.79 Å². The Hall–Kier alpha value is -2.03. The average Bonchev–Trinajstić information content (AvgIpc) is 3.02. The van der Waals surface area contributed by atoms with Crippen LogP contribution in [-0.2, 0) is 16.7 Å². The molecule has 0 radical (unpaired) electrons. The Bertz CT molecular complexity index is 770. The lowest BCUT2D eigenvalue weighted by atomic mass is 9.85. The SMILES string of the molecule is CN=C(NCc1cc(C(=O)OC)c(C)o1)NCC(C)(C)c1ccccc1.I. The summed E-state index contributed by atoms with van der Waals surface area (Å²) in [6.45, 7) is 7.25. The summed E-state index contributed by atoms with van der Waals surface area (Å²) >= 11 is 0. The molecule has 0 aliphatic carbocycles. The number of furan rings is 1. The number of guanidine groups is 1. The van der Waals surface area contributed by atoms with Gasteiger partial charge in [0.1, 0.15) is 17.1 Å². The van der Waals surface area contributed by atoms with E-state index in [0.717, 1.165) is 6.54 Å². The van der Waals surface area contributed by atoms with E-state index in [1.165, 1.54) is 12.7 Å². The van der Waals surface area contributed by atoms with Gasteiger partial charge in [-0.1, -0.05) is 44.2 Å². The highest BCUT2D eigenvalue weighted by Gasteiger charge is 2.21. The van der Waals surface area contributed by atoms with Gasteiger partial charge >= 0.3 is 5.97 Å². The number of benzene rings is 1. The van der Waals surface area contributed by atoms with Crippen molar-refractivity contribution >= 4 is 35.9 Å². The first kappa shape index (κ1) is 23.0. The van der Waals surface area contributed by atoms with Crippen molar-refractivity contribution in [1.82, 2.24) is 10.6 Å². The van der Waals surface area contributed by atoms with Gasteiger partial charge < -0.3 is 19.8 Å². The summed E-state index contributed by atoms with van der Waals surface area (Å²) in [4.78, 5) is 15.9. The number of carbonyl (C=O) groups is 1. The Morgan fingerprint density at radius 3 is 2.48 bits per heavy atom. The molecule has 0 amide bonds. The number of hydrogen-bond acceptors (Lipinski definition) is 4. The number of esters is 1. The number of ether oxygens (including phenoxy) is 1. The van der Waals surface area contributed by atoms with Crippen LogP contribution >= 0.6 is 24.0 Å². The second-order valence-electron chi connectivity index (χ2n) is 6.70. The minimum atomic E-state index is -0.399. The molecule has 2 N–H and O–H groups in total. The quantitative estimate of drug-likeness (QED) is 0.283. The van der Waals surface area contributed by atoms with Gasteiger partial charge in [-0.2, -0.15) is 0 Å². The lowest BCUT2D eigenvalue weighted by molar-refractivity contribution is 0.0599. The molecule has 27 heavy (non-hydrogen) atoms. The predicted octanol–water partition coefficient (Wildman–Crippen LogP) is 3.64. The van der Waals surface area contributed by atoms with Gasteiger partial charge in [-0.15, -0.1) is 24.0 Å². The number of aliphatic imine (C=N–C) groups is 1. The number of nitrogens with one attached hydrogen (secondary N) is 2. The third-order valence-corrected chi connectivity index (χ3v) is 4.28. The van der Waals surface area contributed by atoms with Crippen molar-refractivity contribution in [3.8, 4) is 0 Å². The van der Waals surface area contributed by atoms with Crippen molar-refractivity contribution < 1.29 is 13.9 Å². The standard InChI is InChI=1S/C20H27N3O3.HI/c1-14-17(18(24)25-5)11-16(26-14)12-22-19(21-4)23-13-20(2,3)15-9-7-6-8-10-15;/h6-11H,12-13H2,1-5H3,(H2,21,22,23);1H. The lowest BCUT2D eigenvalue weighted by Crippen LogP contribution is -2.43. The fraction of sp³-hybridized carbons (Fsp3) is 0.400. The maximum Gasteiger partial charge on any atom is 0.341 e. The molecule has 1 aromatic carbocycles. The van der Waals surface area contributed by atoms with E-state index in [4.69, 9.17) is 9.15 Å². The third-order valence-electron chi connectivity index (χ3n) is 4.28. The maximum atomic E-state index is 11.7. The molecule has 0 spiro atoms. The minimum Gasteiger partial charge on any atom is -0.465 e. The van der Waals surface area contributed by atoms with Crippen molar-refractivity contribution in [2.24, 2.45) is 4.99 Å². The molecule has 0 fully saturated rings. The van der Waals surface area contributed by atoms with Crippen LogP contribution in [-0.4, -0.2) is 32.6 Å². The van der Waals surface area contributed by atoms with E-state index in [-0.39, 0.29) is 29.4 Å². The molecule has 6 nitrogen and oxygen atoms in total. The number of halogens is 1. The zero-order chi connectivity index (χ0) is 19.2. The number of carbonyl (C=O) groups excluding carboxylic acids is 1. The summed E-state index contributed by atoms with van der Waals surface area (Å²) in [5.74, 6) is 1.46. The molecule has 0 saturated carbocycles. The van der Waals surface area contributed by atoms with E-state index < -0.39 is 5.97 Å². The molecule has 2 aromatic rings. The Labute approximate surface area is 177 Å². The van der Waals surface area contributed by atoms with Crippen LogP contribution in [0, 0.1) is 6.92 Å². The van der Waals surface area contributed by atoms with E-state index in [1.807, 2.05) is 18.2 Å². The maximum absolute atomic E-state index is 11.7. The molecule has 1 heterocycles. The highest BCUT2D eigenvalue weighted by molar-refractivity contribution is 14.0. The highest BCUT2D eigenvalue weighted by Crippen LogP contribution is 2.21. The molecule has 0 atom stereocenters. The lowest BCUT2D eigenvalue weighted by Gasteiger charge is -2.26. The van der Waals surface area contributed by atoms with Crippen LogP contribution in [0.5, 0.6) is 0 Å². The highest BCUT2D eigenvalue weighted by atomic mass is 127. The zero-order valence-electron chi connectivity index (χ0n) is 16.5. The number of rotatable bonds is 6. The summed E-state index contributed by atoms with van der Waals surface area (Å²) in [7, 11) is 3.07. The van der Waals surface area contributed by atoms with Crippen LogP contribution in [0.2, 0.25) is 0 Å². The Morgan fingerprint density at radius 1 is 1.22 bits per heavy atom. The smallest absolute Gasteiger partial charge is 0.341 e. The summed E-state index contributed by atoms with van der Waals surface area (Å²) in [5.41, 5.74) is 1.66. The summed E-state index contributed by atoms with van der Waals surface area (Å²) < 4.78 is 10.3. The molecular weight excluding hydrogens is 457 g/mol. The molecule has 0 bridgehead atoms. The number of aryl methyl sites for hydroxylation is 1. The molecule has 0 unspecified atom stereocenters. The van der Waals surface area contributed by atoms with Gasteiger partial charge in [-0.3, -0.25) is 4.99 Å². The number of methoxy groups -OCH3 is 1. The van der Waals surface area contributed by atoms with Gasteiger partial charge in [0, 0.05) is 19.0 Å². The predicted molar refractivity (Wildman–Crippen MR) is 118 cm³/mol. The van der Waals surface area contributed by atoms with E-state index in [2.05, 4.69) is 41.6 Å². The Morgan fingerprint density at radius 2 is 1.89 bits per heavy atom. The minimum absolute atomic E-state index is 0. The molecule has 0 saturated heterocycles. The van der Waals surface area contributed by atoms with Crippen molar-refractivity contribution in [2.75, 3.05) is 20.7 Å². The van der Waals surface area contributed by atoms with Crippen LogP contribution in [0.1, 0.15) is 41.3 Å². The van der Waals surface area contributed by atoms with Crippen LogP contribution in [0.4, 0.5) is 0 Å². The second kappa shape index (κ2) is 10.3. The van der Waals surface area contributed by atoms with Crippen molar-refractivity contribution in [3.05, 3.63) is 59.0 Å². The molecule has 2 rings (SSSR count). The van der Waals surface area contributed by atoms with E-state index in [9.17, 15) is 4.79 Å².